The molecule has 56 heavy (non-hydrogen) atoms. The highest BCUT2D eigenvalue weighted by Gasteiger charge is 2.59. The number of cyclic esters (lactones) is 1. The van der Waals surface area contributed by atoms with Crippen molar-refractivity contribution in [2.24, 2.45) is 23.7 Å². The topological polar surface area (TPSA) is 178 Å². The molecule has 4 aliphatic heterocycles. The van der Waals surface area contributed by atoms with Crippen LogP contribution in [-0.4, -0.2) is 139 Å². The minimum absolute atomic E-state index is 0.00596. The zero-order valence-electron chi connectivity index (χ0n) is 36.1. The number of carbonyl (C=O) groups is 3. The van der Waals surface area contributed by atoms with E-state index < -0.39 is 108 Å². The van der Waals surface area contributed by atoms with Crippen LogP contribution in [-0.2, 0) is 52.2 Å². The highest BCUT2D eigenvalue weighted by atomic mass is 16.8. The molecule has 7 unspecified atom stereocenters. The van der Waals surface area contributed by atoms with E-state index in [4.69, 9.17) is 42.6 Å². The average molecular weight is 802 g/mol. The molecule has 18 atom stereocenters. The highest BCUT2D eigenvalue weighted by molar-refractivity contribution is 5.73. The number of likely N-dealkylation sites (N-methyl/N-ethyl adjacent to an activating group) is 1. The molecular formula is C41H71NO14. The summed E-state index contributed by atoms with van der Waals surface area (Å²) >= 11 is 0. The van der Waals surface area contributed by atoms with Gasteiger partial charge in [-0.2, -0.15) is 0 Å². The normalized spacial score (nSPS) is 46.9. The monoisotopic (exact) mass is 801 g/mol. The summed E-state index contributed by atoms with van der Waals surface area (Å²) in [5, 5.41) is 24.6. The van der Waals surface area contributed by atoms with E-state index in [2.05, 4.69) is 0 Å². The van der Waals surface area contributed by atoms with Crippen molar-refractivity contribution in [1.29, 1.82) is 0 Å². The average Bonchev–Trinajstić information content (AvgIpc) is 3.41. The van der Waals surface area contributed by atoms with Gasteiger partial charge in [-0.05, 0) is 80.8 Å². The lowest BCUT2D eigenvalue weighted by Crippen LogP contribution is -2.61. The second-order valence-electron chi connectivity index (χ2n) is 18.1. The lowest BCUT2D eigenvalue weighted by molar-refractivity contribution is -0.312. The van der Waals surface area contributed by atoms with Crippen LogP contribution in [0.25, 0.3) is 0 Å². The molecule has 0 saturated carbocycles. The van der Waals surface area contributed by atoms with Crippen LogP contribution in [0.15, 0.2) is 0 Å². The molecule has 4 rings (SSSR count). The Morgan fingerprint density at radius 2 is 1.57 bits per heavy atom. The lowest BCUT2D eigenvalue weighted by Gasteiger charge is -2.49. The number of hydrogen-bond acceptors (Lipinski definition) is 15. The van der Waals surface area contributed by atoms with Gasteiger partial charge in [-0.3, -0.25) is 9.59 Å². The predicted molar refractivity (Wildman–Crippen MR) is 203 cm³/mol. The molecule has 0 aliphatic carbocycles. The van der Waals surface area contributed by atoms with E-state index in [1.165, 1.54) is 6.92 Å². The van der Waals surface area contributed by atoms with Gasteiger partial charge in [-0.1, -0.05) is 34.1 Å². The molecule has 0 bridgehead atoms. The molecule has 0 aromatic rings. The molecule has 15 heteroatoms. The maximum Gasteiger partial charge on any atom is 0.509 e. The Balaban J connectivity index is 1.87. The fourth-order valence-corrected chi connectivity index (χ4v) is 9.68. The van der Waals surface area contributed by atoms with Crippen molar-refractivity contribution < 1.29 is 67.2 Å². The van der Waals surface area contributed by atoms with Gasteiger partial charge in [0.25, 0.3) is 0 Å². The summed E-state index contributed by atoms with van der Waals surface area (Å²) in [5.74, 6) is -4.17. The fourth-order valence-electron chi connectivity index (χ4n) is 9.68. The number of aliphatic hydroxyl groups excluding tert-OH is 1. The molecule has 0 aromatic carbocycles. The minimum atomic E-state index is -1.72. The highest BCUT2D eigenvalue weighted by Crippen LogP contribution is 2.44. The SMILES string of the molecule is CCC[C@H]1OC(=O)[C@H](C)[C@@H](OC2CC(C)(OC)CC(C)O2)[C@H](C)[C@@H](OC2OC(C)CC(N(C)C)C2OC(C)=O)[C@](C)(O)C[C@@H](C)[C@H](O)[C@H](C)[C@H]2OC(=O)O[C@@]21C. The Labute approximate surface area is 333 Å². The zero-order valence-corrected chi connectivity index (χ0v) is 36.1. The third-order valence-corrected chi connectivity index (χ3v) is 12.7. The number of hydrogen-bond donors (Lipinski definition) is 2. The van der Waals surface area contributed by atoms with Gasteiger partial charge in [0.1, 0.15) is 6.10 Å². The van der Waals surface area contributed by atoms with E-state index in [1.54, 1.807) is 34.8 Å². The van der Waals surface area contributed by atoms with Crippen molar-refractivity contribution >= 4 is 18.1 Å². The maximum atomic E-state index is 14.5. The lowest BCUT2D eigenvalue weighted by atomic mass is 9.73. The molecule has 0 aromatic heterocycles. The molecule has 4 aliphatic rings. The number of aliphatic hydroxyl groups is 2. The smallest absolute Gasteiger partial charge is 0.458 e. The van der Waals surface area contributed by atoms with E-state index in [-0.39, 0.29) is 24.7 Å². The quantitative estimate of drug-likeness (QED) is 0.241. The summed E-state index contributed by atoms with van der Waals surface area (Å²) in [6.45, 7) is 19.5. The third-order valence-electron chi connectivity index (χ3n) is 12.7. The Morgan fingerprint density at radius 3 is 2.16 bits per heavy atom. The molecular weight excluding hydrogens is 730 g/mol. The zero-order chi connectivity index (χ0) is 42.1. The summed E-state index contributed by atoms with van der Waals surface area (Å²) in [4.78, 5) is 41.8. The Bertz CT molecular complexity index is 1350. The summed E-state index contributed by atoms with van der Waals surface area (Å²) in [6, 6.07) is -0.279. The van der Waals surface area contributed by atoms with E-state index in [1.807, 2.05) is 60.5 Å². The number of nitrogens with zero attached hydrogens (tertiary/aromatic N) is 1. The van der Waals surface area contributed by atoms with Gasteiger partial charge >= 0.3 is 18.1 Å². The van der Waals surface area contributed by atoms with Crippen molar-refractivity contribution in [1.82, 2.24) is 4.90 Å². The number of carbonyl (C=O) groups excluding carboxylic acids is 3. The molecule has 4 heterocycles. The van der Waals surface area contributed by atoms with Crippen molar-refractivity contribution in [3.63, 3.8) is 0 Å². The summed E-state index contributed by atoms with van der Waals surface area (Å²) in [6.07, 6.45) is -6.91. The van der Waals surface area contributed by atoms with Crippen LogP contribution in [0.1, 0.15) is 115 Å². The number of esters is 2. The molecule has 0 amide bonds. The van der Waals surface area contributed by atoms with Crippen LogP contribution in [0, 0.1) is 23.7 Å². The van der Waals surface area contributed by atoms with E-state index in [0.717, 1.165) is 0 Å². The summed E-state index contributed by atoms with van der Waals surface area (Å²) < 4.78 is 56.0. The third kappa shape index (κ3) is 10.4. The van der Waals surface area contributed by atoms with Gasteiger partial charge in [-0.15, -0.1) is 0 Å². The molecule has 15 nitrogen and oxygen atoms in total. The number of methoxy groups -OCH3 is 1. The maximum absolute atomic E-state index is 14.5. The van der Waals surface area contributed by atoms with Gasteiger partial charge in [0.15, 0.2) is 30.4 Å². The minimum Gasteiger partial charge on any atom is -0.458 e. The van der Waals surface area contributed by atoms with Crippen LogP contribution in [0.3, 0.4) is 0 Å². The molecule has 4 saturated heterocycles. The van der Waals surface area contributed by atoms with Crippen LogP contribution >= 0.6 is 0 Å². The number of rotatable bonds is 9. The first-order chi connectivity index (χ1) is 26.0. The van der Waals surface area contributed by atoms with E-state index >= 15 is 0 Å². The second kappa shape index (κ2) is 18.4. The largest absolute Gasteiger partial charge is 0.509 e. The van der Waals surface area contributed by atoms with Crippen molar-refractivity contribution in [3.05, 3.63) is 0 Å². The molecule has 2 N–H and O–H groups in total. The first-order valence-corrected chi connectivity index (χ1v) is 20.5. The Hall–Kier alpha value is -2.11. The summed E-state index contributed by atoms with van der Waals surface area (Å²) in [5.41, 5.74) is -3.71. The van der Waals surface area contributed by atoms with Gasteiger partial charge < -0.3 is 57.7 Å². The first-order valence-electron chi connectivity index (χ1n) is 20.5. The van der Waals surface area contributed by atoms with Crippen LogP contribution < -0.4 is 0 Å². The van der Waals surface area contributed by atoms with Gasteiger partial charge in [0.05, 0.1) is 53.7 Å². The fraction of sp³-hybridized carbons (Fsp3) is 0.927. The Morgan fingerprint density at radius 1 is 0.911 bits per heavy atom. The standard InChI is InChI=1S/C41H71NO14/c1-15-16-29-41(11)35(55-38(46)56-41)24(5)31(44)21(2)18-40(10,47)34(54-37-33(51-27(8)43)28(42(12)13)17-22(3)50-37)25(6)32(26(7)36(45)52-29)53-30-20-39(9,48-14)19-23(4)49-30/h21-26,28-35,37,44,47H,15-20H2,1-14H3/t21-,22?,23?,24+,25+,26-,28?,29-,30?,31+,32+,33?,34-,35-,37?,39?,40-,41-/m1/s1. The van der Waals surface area contributed by atoms with Crippen LogP contribution in [0.5, 0.6) is 0 Å². The van der Waals surface area contributed by atoms with E-state index in [9.17, 15) is 24.6 Å². The molecule has 324 valence electrons. The number of ether oxygens (including phenoxy) is 9. The van der Waals surface area contributed by atoms with E-state index in [0.29, 0.717) is 32.1 Å². The van der Waals surface area contributed by atoms with Gasteiger partial charge in [0.2, 0.25) is 0 Å². The molecule has 0 radical (unpaired) electrons. The van der Waals surface area contributed by atoms with Crippen LogP contribution in [0.4, 0.5) is 4.79 Å². The van der Waals surface area contributed by atoms with Gasteiger partial charge in [0, 0.05) is 38.7 Å². The summed E-state index contributed by atoms with van der Waals surface area (Å²) in [7, 11) is 5.42. The van der Waals surface area contributed by atoms with Crippen molar-refractivity contribution in [2.45, 2.75) is 199 Å². The second-order valence-corrected chi connectivity index (χ2v) is 18.1. The molecule has 4 fully saturated rings. The predicted octanol–water partition coefficient (Wildman–Crippen LogP) is 4.75. The number of fused-ring (bicyclic) bond motifs is 1. The first kappa shape index (κ1) is 46.6. The van der Waals surface area contributed by atoms with Crippen molar-refractivity contribution in [3.8, 4) is 0 Å². The molecule has 0 spiro atoms. The van der Waals surface area contributed by atoms with Gasteiger partial charge in [-0.25, -0.2) is 4.79 Å². The van der Waals surface area contributed by atoms with Crippen molar-refractivity contribution in [2.75, 3.05) is 21.2 Å². The van der Waals surface area contributed by atoms with Crippen LogP contribution in [0.2, 0.25) is 0 Å². The Kier molecular flexibility index (Phi) is 15.3.